The average molecular weight is 689 g/mol. The molecule has 13 nitrogen and oxygen atoms in total. The first-order valence-corrected chi connectivity index (χ1v) is 17.7. The molecule has 49 heavy (non-hydrogen) atoms. The van der Waals surface area contributed by atoms with Gasteiger partial charge >= 0.3 is 6.03 Å². The molecule has 3 aliphatic rings. The molecular weight excluding hydrogens is 648 g/mol. The van der Waals surface area contributed by atoms with E-state index in [0.717, 1.165) is 39.0 Å². The molecule has 0 bridgehead atoms. The van der Waals surface area contributed by atoms with E-state index in [9.17, 15) is 18.5 Å². The molecular formula is C35H40N6O7S. The fourth-order valence-electron chi connectivity index (χ4n) is 7.01. The topological polar surface area (TPSA) is 154 Å². The van der Waals surface area contributed by atoms with Gasteiger partial charge in [0.2, 0.25) is 0 Å². The van der Waals surface area contributed by atoms with Crippen LogP contribution in [0.3, 0.4) is 0 Å². The molecule has 14 heteroatoms. The van der Waals surface area contributed by atoms with Crippen molar-refractivity contribution in [3.05, 3.63) is 77.4 Å². The second-order valence-corrected chi connectivity index (χ2v) is 13.8. The summed E-state index contributed by atoms with van der Waals surface area (Å²) in [5.41, 5.74) is -1.54. The van der Waals surface area contributed by atoms with E-state index in [1.165, 1.54) is 50.6 Å². The second-order valence-electron chi connectivity index (χ2n) is 12.0. The van der Waals surface area contributed by atoms with E-state index in [-0.39, 0.29) is 45.4 Å². The number of sulfonamides is 1. The van der Waals surface area contributed by atoms with Crippen molar-refractivity contribution >= 4 is 27.6 Å². The van der Waals surface area contributed by atoms with E-state index in [4.69, 9.17) is 14.2 Å². The van der Waals surface area contributed by atoms with Crippen LogP contribution in [0, 0.1) is 11.3 Å². The molecule has 2 fully saturated rings. The quantitative estimate of drug-likeness (QED) is 0.343. The van der Waals surface area contributed by atoms with Gasteiger partial charge in [0.1, 0.15) is 22.1 Å². The van der Waals surface area contributed by atoms with Crippen molar-refractivity contribution in [3.63, 3.8) is 0 Å². The van der Waals surface area contributed by atoms with Crippen molar-refractivity contribution in [2.45, 2.75) is 36.2 Å². The number of nitrogens with zero attached hydrogens (tertiary/aromatic N) is 4. The third-order valence-electron chi connectivity index (χ3n) is 9.45. The number of benzene rings is 3. The van der Waals surface area contributed by atoms with Crippen LogP contribution in [0.5, 0.6) is 17.2 Å². The number of fused-ring (bicyclic) bond motifs is 1. The number of nitrogens with one attached hydrogen (secondary N) is 2. The van der Waals surface area contributed by atoms with Crippen LogP contribution in [0.2, 0.25) is 0 Å². The van der Waals surface area contributed by atoms with Gasteiger partial charge in [-0.25, -0.2) is 13.2 Å². The number of amides is 3. The number of piperazine rings is 1. The van der Waals surface area contributed by atoms with Gasteiger partial charge in [-0.05, 0) is 56.2 Å². The zero-order valence-electron chi connectivity index (χ0n) is 27.8. The lowest BCUT2D eigenvalue weighted by Crippen LogP contribution is -2.59. The number of anilines is 1. The molecule has 3 aromatic carbocycles. The summed E-state index contributed by atoms with van der Waals surface area (Å²) in [5, 5.41) is 16.3. The highest BCUT2D eigenvalue weighted by Crippen LogP contribution is 2.50. The predicted molar refractivity (Wildman–Crippen MR) is 181 cm³/mol. The number of para-hydroxylation sites is 1. The van der Waals surface area contributed by atoms with Crippen LogP contribution >= 0.6 is 0 Å². The lowest BCUT2D eigenvalue weighted by atomic mass is 9.82. The van der Waals surface area contributed by atoms with Crippen LogP contribution < -0.4 is 29.1 Å². The maximum atomic E-state index is 15.2. The van der Waals surface area contributed by atoms with Gasteiger partial charge in [-0.3, -0.25) is 9.69 Å². The van der Waals surface area contributed by atoms with E-state index in [1.807, 2.05) is 0 Å². The Kier molecular flexibility index (Phi) is 9.69. The molecule has 2 saturated heterocycles. The number of hydrogen-bond acceptors (Lipinski definition) is 10. The summed E-state index contributed by atoms with van der Waals surface area (Å²) in [6, 6.07) is 17.1. The van der Waals surface area contributed by atoms with Gasteiger partial charge in [-0.15, -0.1) is 0 Å². The lowest BCUT2D eigenvalue weighted by molar-refractivity contribution is -0.121. The largest absolute Gasteiger partial charge is 0.497 e. The number of urea groups is 1. The molecule has 0 aliphatic carbocycles. The van der Waals surface area contributed by atoms with Crippen LogP contribution in [0.1, 0.15) is 36.5 Å². The van der Waals surface area contributed by atoms with Crippen molar-refractivity contribution in [1.82, 2.24) is 20.4 Å². The number of ether oxygens (including phenoxy) is 3. The number of rotatable bonds is 9. The van der Waals surface area contributed by atoms with Crippen LogP contribution in [0.25, 0.3) is 0 Å². The van der Waals surface area contributed by atoms with Crippen LogP contribution in [0.4, 0.5) is 10.5 Å². The monoisotopic (exact) mass is 688 g/mol. The van der Waals surface area contributed by atoms with Crippen LogP contribution in [-0.4, -0.2) is 96.3 Å². The van der Waals surface area contributed by atoms with E-state index >= 15 is 4.79 Å². The number of piperidine rings is 1. The lowest BCUT2D eigenvalue weighted by Gasteiger charge is -2.41. The summed E-state index contributed by atoms with van der Waals surface area (Å²) in [6.07, 6.45) is 1.52. The number of carbonyl (C=O) groups is 2. The number of carbonyl (C=O) groups excluding carboxylic acids is 2. The standard InChI is InChI=1S/C35H40N6O7S/c1-4-48-30-8-6-5-7-27(30)35(38-34(43)40-17-13-25(14-18-40)39-19-15-37-16-20-39)28-21-24(23-36)9-11-29(28)41(33(35)42)49(44,45)32-12-10-26(46-2)22-31(32)47-3/h5-12,21-22,25,37H,4,13-20H2,1-3H3,(H,38,43). The summed E-state index contributed by atoms with van der Waals surface area (Å²) in [7, 11) is -1.91. The number of hydrogen-bond donors (Lipinski definition) is 2. The zero-order chi connectivity index (χ0) is 34.8. The molecule has 258 valence electrons. The van der Waals surface area contributed by atoms with E-state index < -0.39 is 27.5 Å². The first-order valence-electron chi connectivity index (χ1n) is 16.3. The molecule has 0 aromatic heterocycles. The minimum Gasteiger partial charge on any atom is -0.497 e. The Labute approximate surface area is 286 Å². The molecule has 3 aliphatic heterocycles. The highest BCUT2D eigenvalue weighted by Gasteiger charge is 2.59. The molecule has 2 N–H and O–H groups in total. The van der Waals surface area contributed by atoms with Gasteiger partial charge in [-0.1, -0.05) is 18.2 Å². The highest BCUT2D eigenvalue weighted by atomic mass is 32.2. The Hall–Kier alpha value is -4.84. The van der Waals surface area contributed by atoms with E-state index in [1.54, 1.807) is 36.1 Å². The van der Waals surface area contributed by atoms with Crippen molar-refractivity contribution in [2.24, 2.45) is 0 Å². The van der Waals surface area contributed by atoms with Gasteiger partial charge in [0, 0.05) is 62.5 Å². The molecule has 1 unspecified atom stereocenters. The number of nitriles is 1. The SMILES string of the molecule is CCOc1ccccc1C1(NC(=O)N2CCC(N3CCNCC3)CC2)C(=O)N(S(=O)(=O)c2ccc(OC)cc2OC)c2ccc(C#N)cc21. The van der Waals surface area contributed by atoms with Gasteiger partial charge in [0.15, 0.2) is 5.54 Å². The fourth-order valence-corrected chi connectivity index (χ4v) is 8.62. The molecule has 1 atom stereocenters. The normalized spacial score (nSPS) is 20.0. The summed E-state index contributed by atoms with van der Waals surface area (Å²) in [6.45, 7) is 6.68. The first-order chi connectivity index (χ1) is 23.7. The Bertz CT molecular complexity index is 1880. The molecule has 0 radical (unpaired) electrons. The third-order valence-corrected chi connectivity index (χ3v) is 11.2. The smallest absolute Gasteiger partial charge is 0.318 e. The van der Waals surface area contributed by atoms with Crippen LogP contribution in [0.15, 0.2) is 65.6 Å². The maximum absolute atomic E-state index is 15.2. The molecule has 0 spiro atoms. The van der Waals surface area contributed by atoms with Gasteiger partial charge in [0.25, 0.3) is 15.9 Å². The Morgan fingerprint density at radius 3 is 2.39 bits per heavy atom. The van der Waals surface area contributed by atoms with Gasteiger partial charge in [0.05, 0.1) is 38.1 Å². The fraction of sp³-hybridized carbons (Fsp3) is 0.400. The van der Waals surface area contributed by atoms with E-state index in [0.29, 0.717) is 29.2 Å². The molecule has 3 aromatic rings. The van der Waals surface area contributed by atoms with Gasteiger partial charge < -0.3 is 29.7 Å². The Morgan fingerprint density at radius 2 is 1.71 bits per heavy atom. The van der Waals surface area contributed by atoms with Crippen molar-refractivity contribution in [2.75, 3.05) is 64.4 Å². The Balaban J connectivity index is 1.47. The number of likely N-dealkylation sites (tertiary alicyclic amines) is 1. The maximum Gasteiger partial charge on any atom is 0.318 e. The molecule has 0 saturated carbocycles. The summed E-state index contributed by atoms with van der Waals surface area (Å²) in [5.74, 6) is -0.348. The van der Waals surface area contributed by atoms with Crippen molar-refractivity contribution < 1.29 is 32.2 Å². The first kappa shape index (κ1) is 34.0. The van der Waals surface area contributed by atoms with E-state index in [2.05, 4.69) is 21.6 Å². The highest BCUT2D eigenvalue weighted by molar-refractivity contribution is 7.93. The van der Waals surface area contributed by atoms with Crippen molar-refractivity contribution in [1.29, 1.82) is 5.26 Å². The third kappa shape index (κ3) is 6.03. The molecule has 3 heterocycles. The zero-order valence-corrected chi connectivity index (χ0v) is 28.6. The number of methoxy groups -OCH3 is 2. The molecule has 6 rings (SSSR count). The summed E-state index contributed by atoms with van der Waals surface area (Å²) >= 11 is 0. The Morgan fingerprint density at radius 1 is 0.980 bits per heavy atom. The minimum absolute atomic E-state index is 0.00844. The second kappa shape index (κ2) is 13.9. The van der Waals surface area contributed by atoms with Gasteiger partial charge in [-0.2, -0.15) is 9.57 Å². The summed E-state index contributed by atoms with van der Waals surface area (Å²) in [4.78, 5) is 33.3. The predicted octanol–water partition coefficient (Wildman–Crippen LogP) is 3.03. The molecule has 3 amide bonds. The average Bonchev–Trinajstić information content (AvgIpc) is 3.39. The summed E-state index contributed by atoms with van der Waals surface area (Å²) < 4.78 is 46.6. The minimum atomic E-state index is -4.67. The van der Waals surface area contributed by atoms with Crippen molar-refractivity contribution in [3.8, 4) is 23.3 Å². The van der Waals surface area contributed by atoms with Crippen LogP contribution in [-0.2, 0) is 20.4 Å².